The van der Waals surface area contributed by atoms with Gasteiger partial charge in [0.15, 0.2) is 0 Å². The molecule has 0 saturated carbocycles. The maximum absolute atomic E-state index is 12.5. The maximum Gasteiger partial charge on any atom is 0.217 e. The topological polar surface area (TPSA) is 115 Å². The number of nitrogens with zero attached hydrogens (tertiary/aromatic N) is 7. The predicted octanol–water partition coefficient (Wildman–Crippen LogP) is 4.67. The van der Waals surface area contributed by atoms with Gasteiger partial charge in [-0.25, -0.2) is 9.67 Å². The average molecular weight is 459 g/mol. The lowest BCUT2D eigenvalue weighted by Crippen LogP contribution is -2.09. The van der Waals surface area contributed by atoms with Crippen molar-refractivity contribution in [3.05, 3.63) is 59.9 Å². The largest absolute Gasteiger partial charge is 0.291 e. The van der Waals surface area contributed by atoms with Gasteiger partial charge >= 0.3 is 0 Å². The van der Waals surface area contributed by atoms with Crippen LogP contribution in [0.1, 0.15) is 74.5 Å². The van der Waals surface area contributed by atoms with Crippen molar-refractivity contribution in [2.75, 3.05) is 0 Å². The summed E-state index contributed by atoms with van der Waals surface area (Å²) in [4.78, 5) is 21.8. The highest BCUT2D eigenvalue weighted by Gasteiger charge is 2.17. The number of aromatic amines is 1. The molecule has 0 atom stereocenters. The van der Waals surface area contributed by atoms with Gasteiger partial charge in [-0.1, -0.05) is 63.4 Å². The minimum atomic E-state index is 0.0127. The number of hydrogen-bond donors (Lipinski definition) is 1. The van der Waals surface area contributed by atoms with Crippen LogP contribution in [0.2, 0.25) is 0 Å². The van der Waals surface area contributed by atoms with Gasteiger partial charge in [0.1, 0.15) is 5.82 Å². The Morgan fingerprint density at radius 2 is 1.82 bits per heavy atom. The molecule has 176 valence electrons. The summed E-state index contributed by atoms with van der Waals surface area (Å²) in [5.41, 5.74) is 3.68. The van der Waals surface area contributed by atoms with Crippen LogP contribution in [0.15, 0.2) is 42.6 Å². The summed E-state index contributed by atoms with van der Waals surface area (Å²) in [6, 6.07) is 11.9. The number of H-pyrrole nitrogens is 1. The Hall–Kier alpha value is -3.75. The zero-order valence-electron chi connectivity index (χ0n) is 19.7. The monoisotopic (exact) mass is 458 g/mol. The van der Waals surface area contributed by atoms with Crippen molar-refractivity contribution in [2.24, 2.45) is 0 Å². The third kappa shape index (κ3) is 5.59. The van der Waals surface area contributed by atoms with E-state index in [2.05, 4.69) is 49.5 Å². The van der Waals surface area contributed by atoms with E-state index >= 15 is 0 Å². The summed E-state index contributed by atoms with van der Waals surface area (Å²) in [7, 11) is 0. The second-order valence-corrected chi connectivity index (χ2v) is 8.31. The van der Waals surface area contributed by atoms with Crippen LogP contribution in [-0.4, -0.2) is 46.2 Å². The van der Waals surface area contributed by atoms with Gasteiger partial charge < -0.3 is 0 Å². The van der Waals surface area contributed by atoms with Gasteiger partial charge in [0.05, 0.1) is 12.2 Å². The first kappa shape index (κ1) is 23.4. The number of Topliss-reactive ketones (excluding diaryl/α,β-unsaturated/α-hetero) is 1. The number of unbranched alkanes of at least 4 members (excludes halogenated alkanes) is 3. The average Bonchev–Trinajstić information content (AvgIpc) is 3.54. The number of carbonyl (C=O) groups excluding carboxylic acids is 1. The molecule has 3 aromatic heterocycles. The van der Waals surface area contributed by atoms with Crippen LogP contribution in [0.3, 0.4) is 0 Å². The minimum absolute atomic E-state index is 0.0127. The van der Waals surface area contributed by atoms with Crippen molar-refractivity contribution in [2.45, 2.75) is 65.3 Å². The van der Waals surface area contributed by atoms with Crippen molar-refractivity contribution in [3.63, 3.8) is 0 Å². The fraction of sp³-hybridized carbons (Fsp3) is 0.400. The highest BCUT2D eigenvalue weighted by molar-refractivity contribution is 5.92. The number of benzene rings is 1. The lowest BCUT2D eigenvalue weighted by Gasteiger charge is -2.09. The first-order chi connectivity index (χ1) is 16.7. The molecule has 34 heavy (non-hydrogen) atoms. The van der Waals surface area contributed by atoms with E-state index in [1.165, 1.54) is 0 Å². The van der Waals surface area contributed by atoms with E-state index in [0.717, 1.165) is 66.7 Å². The van der Waals surface area contributed by atoms with Gasteiger partial charge in [0.25, 0.3) is 0 Å². The van der Waals surface area contributed by atoms with Gasteiger partial charge in [-0.3, -0.25) is 9.78 Å². The molecule has 0 aliphatic carbocycles. The van der Waals surface area contributed by atoms with E-state index in [-0.39, 0.29) is 5.78 Å². The molecule has 0 amide bonds. The molecule has 9 heteroatoms. The molecular weight excluding hydrogens is 428 g/mol. The SMILES string of the molecule is CCCCCc1nc(C(=O)CCCC)nn1Cc1ccc(-c2ccccc2-c2nn[nH]n2)cn1. The molecule has 3 heterocycles. The number of rotatable bonds is 12. The van der Waals surface area contributed by atoms with Crippen LogP contribution in [0.5, 0.6) is 0 Å². The van der Waals surface area contributed by atoms with E-state index in [9.17, 15) is 4.79 Å². The van der Waals surface area contributed by atoms with E-state index in [0.29, 0.717) is 24.6 Å². The third-order valence-electron chi connectivity index (χ3n) is 5.72. The van der Waals surface area contributed by atoms with Gasteiger partial charge in [-0.05, 0) is 29.7 Å². The van der Waals surface area contributed by atoms with Crippen LogP contribution >= 0.6 is 0 Å². The Bertz CT molecular complexity index is 1200. The van der Waals surface area contributed by atoms with Crippen LogP contribution in [0.25, 0.3) is 22.5 Å². The second-order valence-electron chi connectivity index (χ2n) is 8.31. The van der Waals surface area contributed by atoms with Crippen molar-refractivity contribution < 1.29 is 4.79 Å². The molecule has 0 radical (unpaired) electrons. The van der Waals surface area contributed by atoms with Crippen LogP contribution in [0.4, 0.5) is 0 Å². The van der Waals surface area contributed by atoms with E-state index in [1.54, 1.807) is 0 Å². The summed E-state index contributed by atoms with van der Waals surface area (Å²) in [5, 5.41) is 18.9. The number of aryl methyl sites for hydroxylation is 1. The Balaban J connectivity index is 1.55. The normalized spacial score (nSPS) is 11.1. The molecule has 9 nitrogen and oxygen atoms in total. The summed E-state index contributed by atoms with van der Waals surface area (Å²) in [5.74, 6) is 1.73. The number of tetrazole rings is 1. The summed E-state index contributed by atoms with van der Waals surface area (Å²) < 4.78 is 1.84. The van der Waals surface area contributed by atoms with Crippen LogP contribution in [0, 0.1) is 0 Å². The molecule has 0 bridgehead atoms. The molecule has 1 N–H and O–H groups in total. The molecule has 0 unspecified atom stereocenters. The Morgan fingerprint density at radius 3 is 2.53 bits per heavy atom. The minimum Gasteiger partial charge on any atom is -0.291 e. The van der Waals surface area contributed by atoms with Crippen molar-refractivity contribution in [1.29, 1.82) is 0 Å². The van der Waals surface area contributed by atoms with Crippen molar-refractivity contribution in [3.8, 4) is 22.5 Å². The fourth-order valence-electron chi connectivity index (χ4n) is 3.82. The van der Waals surface area contributed by atoms with Crippen LogP contribution in [-0.2, 0) is 13.0 Å². The molecule has 0 spiro atoms. The molecule has 1 aromatic carbocycles. The molecular formula is C25H30N8O. The lowest BCUT2D eigenvalue weighted by atomic mass is 10.0. The van der Waals surface area contributed by atoms with E-state index < -0.39 is 0 Å². The van der Waals surface area contributed by atoms with Crippen molar-refractivity contribution in [1.82, 2.24) is 40.4 Å². The quantitative estimate of drug-likeness (QED) is 0.242. The molecule has 4 rings (SSSR count). The summed E-state index contributed by atoms with van der Waals surface area (Å²) in [6.45, 7) is 4.72. The van der Waals surface area contributed by atoms with Crippen LogP contribution < -0.4 is 0 Å². The van der Waals surface area contributed by atoms with Gasteiger partial charge in [0.2, 0.25) is 17.4 Å². The standard InChI is InChI=1S/C25H30N8O/c1-3-5-7-13-23-27-25(22(34)12-6-4-2)30-33(23)17-19-15-14-18(16-26-19)20-10-8-9-11-21(20)24-28-31-32-29-24/h8-11,14-16H,3-7,12-13,17H2,1-2H3,(H,28,29,31,32). The predicted molar refractivity (Wildman–Crippen MR) is 129 cm³/mol. The molecule has 0 aliphatic rings. The molecule has 4 aromatic rings. The first-order valence-corrected chi connectivity index (χ1v) is 11.9. The zero-order chi connectivity index (χ0) is 23.8. The lowest BCUT2D eigenvalue weighted by molar-refractivity contribution is 0.0969. The highest BCUT2D eigenvalue weighted by atomic mass is 16.1. The fourth-order valence-corrected chi connectivity index (χ4v) is 3.82. The number of hydrogen-bond acceptors (Lipinski definition) is 7. The second kappa shape index (κ2) is 11.4. The van der Waals surface area contributed by atoms with Gasteiger partial charge in [-0.15, -0.1) is 15.3 Å². The smallest absolute Gasteiger partial charge is 0.217 e. The Labute approximate surface area is 199 Å². The molecule has 0 fully saturated rings. The van der Waals surface area contributed by atoms with Gasteiger partial charge in [-0.2, -0.15) is 5.21 Å². The summed E-state index contributed by atoms with van der Waals surface area (Å²) in [6.07, 6.45) is 8.24. The first-order valence-electron chi connectivity index (χ1n) is 11.9. The number of nitrogens with one attached hydrogen (secondary N) is 1. The van der Waals surface area contributed by atoms with E-state index in [1.807, 2.05) is 47.3 Å². The Kier molecular flexibility index (Phi) is 7.85. The number of aromatic nitrogens is 8. The number of carbonyl (C=O) groups is 1. The molecule has 0 saturated heterocycles. The van der Waals surface area contributed by atoms with Crippen molar-refractivity contribution >= 4 is 5.78 Å². The summed E-state index contributed by atoms with van der Waals surface area (Å²) >= 11 is 0. The Morgan fingerprint density at radius 1 is 1.00 bits per heavy atom. The molecule has 0 aliphatic heterocycles. The third-order valence-corrected chi connectivity index (χ3v) is 5.72. The number of ketones is 1. The number of pyridine rings is 1. The van der Waals surface area contributed by atoms with E-state index in [4.69, 9.17) is 0 Å². The zero-order valence-corrected chi connectivity index (χ0v) is 19.7. The maximum atomic E-state index is 12.5. The van der Waals surface area contributed by atoms with Gasteiger partial charge in [0, 0.05) is 30.2 Å². The highest BCUT2D eigenvalue weighted by Crippen LogP contribution is 2.29.